The zero-order valence-corrected chi connectivity index (χ0v) is 17.3. The van der Waals surface area contributed by atoms with Crippen LogP contribution in [0.4, 0.5) is 0 Å². The molecule has 1 aromatic heterocycles. The van der Waals surface area contributed by atoms with E-state index in [4.69, 9.17) is 4.74 Å². The molecule has 1 N–H and O–H groups in total. The van der Waals surface area contributed by atoms with Gasteiger partial charge in [-0.25, -0.2) is 0 Å². The van der Waals surface area contributed by atoms with Crippen LogP contribution in [0.15, 0.2) is 18.2 Å². The van der Waals surface area contributed by atoms with Gasteiger partial charge in [0.1, 0.15) is 17.4 Å². The van der Waals surface area contributed by atoms with Crippen molar-refractivity contribution in [2.45, 2.75) is 45.7 Å². The quantitative estimate of drug-likeness (QED) is 0.844. The molecule has 28 heavy (non-hydrogen) atoms. The molecule has 3 heterocycles. The summed E-state index contributed by atoms with van der Waals surface area (Å²) < 4.78 is 8.08. The van der Waals surface area contributed by atoms with Gasteiger partial charge in [0.05, 0.1) is 6.54 Å². The van der Waals surface area contributed by atoms with Crippen LogP contribution in [0.5, 0.6) is 5.75 Å². The number of piperidine rings is 1. The number of fused-ring (bicyclic) bond motifs is 1. The summed E-state index contributed by atoms with van der Waals surface area (Å²) in [6.07, 6.45) is 1.86. The number of para-hydroxylation sites is 1. The average Bonchev–Trinajstić information content (AvgIpc) is 3.12. The number of nitrogens with zero attached hydrogens (tertiary/aromatic N) is 4. The normalized spacial score (nSPS) is 17.0. The summed E-state index contributed by atoms with van der Waals surface area (Å²) in [4.78, 5) is 14.5. The number of amides is 1. The van der Waals surface area contributed by atoms with Crippen LogP contribution < -0.4 is 10.1 Å². The first-order valence-electron chi connectivity index (χ1n) is 9.73. The zero-order chi connectivity index (χ0) is 18.8. The molecule has 7 nitrogen and oxygen atoms in total. The first-order chi connectivity index (χ1) is 13.1. The van der Waals surface area contributed by atoms with Crippen LogP contribution in [0.3, 0.4) is 0 Å². The predicted octanol–water partition coefficient (Wildman–Crippen LogP) is 2.20. The minimum Gasteiger partial charge on any atom is -0.483 e. The molecule has 0 atom stereocenters. The molecule has 0 unspecified atom stereocenters. The highest BCUT2D eigenvalue weighted by molar-refractivity contribution is 5.85. The number of aromatic nitrogens is 3. The van der Waals surface area contributed by atoms with Crippen LogP contribution >= 0.6 is 12.4 Å². The minimum atomic E-state index is 0. The number of carbonyl (C=O) groups is 1. The lowest BCUT2D eigenvalue weighted by atomic mass is 9.95. The van der Waals surface area contributed by atoms with Gasteiger partial charge in [0.25, 0.3) is 5.91 Å². The number of halogens is 1. The lowest BCUT2D eigenvalue weighted by Gasteiger charge is -2.32. The van der Waals surface area contributed by atoms with E-state index in [-0.39, 0.29) is 24.9 Å². The maximum atomic E-state index is 12.6. The lowest BCUT2D eigenvalue weighted by Crippen LogP contribution is -2.41. The van der Waals surface area contributed by atoms with Gasteiger partial charge in [0.2, 0.25) is 0 Å². The third-order valence-corrected chi connectivity index (χ3v) is 5.61. The molecule has 2 aromatic rings. The number of likely N-dealkylation sites (tertiary alicyclic amines) is 1. The Morgan fingerprint density at radius 3 is 2.61 bits per heavy atom. The van der Waals surface area contributed by atoms with Gasteiger partial charge in [-0.1, -0.05) is 18.2 Å². The van der Waals surface area contributed by atoms with Crippen LogP contribution in [-0.4, -0.2) is 51.8 Å². The van der Waals surface area contributed by atoms with Crippen molar-refractivity contribution in [1.82, 2.24) is 25.0 Å². The van der Waals surface area contributed by atoms with Gasteiger partial charge in [-0.05, 0) is 37.8 Å². The maximum absolute atomic E-state index is 12.6. The molecule has 4 rings (SSSR count). The lowest BCUT2D eigenvalue weighted by molar-refractivity contribution is -0.134. The molecule has 2 aliphatic heterocycles. The van der Waals surface area contributed by atoms with Gasteiger partial charge >= 0.3 is 0 Å². The third-order valence-electron chi connectivity index (χ3n) is 5.61. The Balaban J connectivity index is 0.00000225. The number of nitrogens with one attached hydrogen (secondary N) is 1. The first kappa shape index (κ1) is 20.6. The molecule has 0 saturated carbocycles. The summed E-state index contributed by atoms with van der Waals surface area (Å²) in [6.45, 7) is 8.30. The predicted molar refractivity (Wildman–Crippen MR) is 109 cm³/mol. The van der Waals surface area contributed by atoms with Gasteiger partial charge in [-0.15, -0.1) is 22.6 Å². The molecule has 1 amide bonds. The summed E-state index contributed by atoms with van der Waals surface area (Å²) in [7, 11) is 0. The highest BCUT2D eigenvalue weighted by Crippen LogP contribution is 2.28. The van der Waals surface area contributed by atoms with Gasteiger partial charge < -0.3 is 19.5 Å². The molecule has 1 aromatic carbocycles. The number of aryl methyl sites for hydroxylation is 2. The van der Waals surface area contributed by atoms with E-state index in [0.29, 0.717) is 5.92 Å². The fourth-order valence-corrected chi connectivity index (χ4v) is 4.06. The van der Waals surface area contributed by atoms with Crippen molar-refractivity contribution in [1.29, 1.82) is 0 Å². The average molecular weight is 406 g/mol. The number of carbonyl (C=O) groups excluding carboxylic acids is 1. The monoisotopic (exact) mass is 405 g/mol. The Labute approximate surface area is 171 Å². The molecular weight excluding hydrogens is 378 g/mol. The van der Waals surface area contributed by atoms with Crippen molar-refractivity contribution in [2.24, 2.45) is 0 Å². The second kappa shape index (κ2) is 8.92. The largest absolute Gasteiger partial charge is 0.483 e. The van der Waals surface area contributed by atoms with Crippen molar-refractivity contribution >= 4 is 18.3 Å². The molecule has 0 aliphatic carbocycles. The van der Waals surface area contributed by atoms with Gasteiger partial charge in [0, 0.05) is 32.1 Å². The van der Waals surface area contributed by atoms with Gasteiger partial charge in [0.15, 0.2) is 6.61 Å². The van der Waals surface area contributed by atoms with Crippen LogP contribution in [-0.2, 0) is 17.9 Å². The van der Waals surface area contributed by atoms with Crippen LogP contribution in [0, 0.1) is 13.8 Å². The molecule has 1 saturated heterocycles. The smallest absolute Gasteiger partial charge is 0.260 e. The maximum Gasteiger partial charge on any atom is 0.260 e. The van der Waals surface area contributed by atoms with Crippen molar-refractivity contribution in [3.63, 3.8) is 0 Å². The Morgan fingerprint density at radius 2 is 1.89 bits per heavy atom. The molecular formula is C20H28ClN5O2. The van der Waals surface area contributed by atoms with Gasteiger partial charge in [-0.2, -0.15) is 0 Å². The van der Waals surface area contributed by atoms with Crippen molar-refractivity contribution < 1.29 is 9.53 Å². The zero-order valence-electron chi connectivity index (χ0n) is 16.5. The van der Waals surface area contributed by atoms with Crippen molar-refractivity contribution in [3.05, 3.63) is 41.0 Å². The summed E-state index contributed by atoms with van der Waals surface area (Å²) >= 11 is 0. The molecule has 0 bridgehead atoms. The fourth-order valence-electron chi connectivity index (χ4n) is 4.06. The number of hydrogen-bond donors (Lipinski definition) is 1. The van der Waals surface area contributed by atoms with Crippen LogP contribution in [0.25, 0.3) is 0 Å². The van der Waals surface area contributed by atoms with Crippen molar-refractivity contribution in [2.75, 3.05) is 26.2 Å². The highest BCUT2D eigenvalue weighted by Gasteiger charge is 2.28. The topological polar surface area (TPSA) is 72.3 Å². The highest BCUT2D eigenvalue weighted by atomic mass is 35.5. The van der Waals surface area contributed by atoms with E-state index in [1.165, 1.54) is 0 Å². The number of rotatable bonds is 4. The second-order valence-electron chi connectivity index (χ2n) is 7.47. The summed E-state index contributed by atoms with van der Waals surface area (Å²) in [5.41, 5.74) is 2.13. The van der Waals surface area contributed by atoms with Gasteiger partial charge in [-0.3, -0.25) is 4.79 Å². The van der Waals surface area contributed by atoms with Crippen molar-refractivity contribution in [3.8, 4) is 5.75 Å². The van der Waals surface area contributed by atoms with E-state index in [1.54, 1.807) is 0 Å². The first-order valence-corrected chi connectivity index (χ1v) is 9.73. The Bertz CT molecular complexity index is 810. The molecule has 1 fully saturated rings. The standard InChI is InChI=1S/C20H27N5O2.ClH/c1-14-4-3-5-15(2)19(14)27-13-18(26)24-9-6-16(7-10-24)20-23-22-17-12-21-8-11-25(17)20;/h3-5,16,21H,6-13H2,1-2H3;1H. The molecule has 152 valence electrons. The molecule has 8 heteroatoms. The number of benzene rings is 1. The van der Waals surface area contributed by atoms with Crippen LogP contribution in [0.1, 0.15) is 41.5 Å². The fraction of sp³-hybridized carbons (Fsp3) is 0.550. The van der Waals surface area contributed by atoms with E-state index >= 15 is 0 Å². The summed E-state index contributed by atoms with van der Waals surface area (Å²) in [5.74, 6) is 3.38. The molecule has 0 radical (unpaired) electrons. The minimum absolute atomic E-state index is 0. The Morgan fingerprint density at radius 1 is 1.18 bits per heavy atom. The number of ether oxygens (including phenoxy) is 1. The number of hydrogen-bond acceptors (Lipinski definition) is 5. The Kier molecular flexibility index (Phi) is 6.57. The molecule has 0 spiro atoms. The molecule has 2 aliphatic rings. The van der Waals surface area contributed by atoms with E-state index in [0.717, 1.165) is 74.1 Å². The summed E-state index contributed by atoms with van der Waals surface area (Å²) in [6, 6.07) is 6.02. The third kappa shape index (κ3) is 4.15. The second-order valence-corrected chi connectivity index (χ2v) is 7.47. The summed E-state index contributed by atoms with van der Waals surface area (Å²) in [5, 5.41) is 12.1. The SMILES string of the molecule is Cc1cccc(C)c1OCC(=O)N1CCC(c2nnc3n2CCNC3)CC1.Cl. The van der Waals surface area contributed by atoms with E-state index in [9.17, 15) is 4.79 Å². The van der Waals surface area contributed by atoms with E-state index < -0.39 is 0 Å². The Hall–Kier alpha value is -2.12. The van der Waals surface area contributed by atoms with E-state index in [2.05, 4.69) is 20.1 Å². The van der Waals surface area contributed by atoms with E-state index in [1.807, 2.05) is 36.9 Å². The van der Waals surface area contributed by atoms with Crippen LogP contribution in [0.2, 0.25) is 0 Å².